The van der Waals surface area contributed by atoms with Crippen LogP contribution in [0.3, 0.4) is 0 Å². The topological polar surface area (TPSA) is 88.0 Å². The fraction of sp³-hybridized carbons (Fsp3) is 0.211. The normalized spacial score (nSPS) is 16.3. The number of thioether (sulfide) groups is 1. The number of carbonyl (C=O) groups excluding carboxylic acids is 2. The number of nitrogens with zero attached hydrogens (tertiary/aromatic N) is 1. The van der Waals surface area contributed by atoms with Crippen LogP contribution in [0.15, 0.2) is 53.5 Å². The molecule has 2 aromatic rings. The minimum atomic E-state index is -0.540. The van der Waals surface area contributed by atoms with Crippen molar-refractivity contribution in [3.05, 3.63) is 54.1 Å². The Kier molecular flexibility index (Phi) is 5.58. The highest BCUT2D eigenvalue weighted by atomic mass is 32.2. The first-order valence-electron chi connectivity index (χ1n) is 8.16. The second kappa shape index (κ2) is 8.05. The highest BCUT2D eigenvalue weighted by Crippen LogP contribution is 2.30. The van der Waals surface area contributed by atoms with Crippen molar-refractivity contribution in [2.75, 3.05) is 11.9 Å². The quantitative estimate of drug-likeness (QED) is 0.815. The van der Waals surface area contributed by atoms with Crippen LogP contribution in [0.2, 0.25) is 0 Å². The first kappa shape index (κ1) is 18.0. The zero-order valence-corrected chi connectivity index (χ0v) is 15.0. The van der Waals surface area contributed by atoms with E-state index in [9.17, 15) is 14.7 Å². The van der Waals surface area contributed by atoms with Gasteiger partial charge in [0.2, 0.25) is 5.91 Å². The first-order chi connectivity index (χ1) is 12.5. The summed E-state index contributed by atoms with van der Waals surface area (Å²) in [7, 11) is 0. The summed E-state index contributed by atoms with van der Waals surface area (Å²) in [6, 6.07) is 13.5. The van der Waals surface area contributed by atoms with E-state index in [1.165, 1.54) is 23.9 Å². The molecule has 6 nitrogen and oxygen atoms in total. The monoisotopic (exact) mass is 370 g/mol. The smallest absolute Gasteiger partial charge is 0.260 e. The largest absolute Gasteiger partial charge is 0.508 e. The van der Waals surface area contributed by atoms with Crippen LogP contribution in [0.25, 0.3) is 0 Å². The maximum Gasteiger partial charge on any atom is 0.260 e. The molecule has 0 radical (unpaired) electrons. The number of phenolic OH excluding ortho intramolecular Hbond substituents is 1. The van der Waals surface area contributed by atoms with Crippen molar-refractivity contribution in [1.29, 1.82) is 0 Å². The molecule has 0 bridgehead atoms. The standard InChI is InChI=1S/C19H18N2O4S/c1-2-25-15-9-5-13(6-10-15)20-17(23)11-16-18(24)21-19(26-16)12-3-7-14(22)8-4-12/h3-10,16,22H,2,11H2,1H3,(H,20,23)/t16-/m0/s1. The van der Waals surface area contributed by atoms with Gasteiger partial charge in [-0.15, -0.1) is 0 Å². The lowest BCUT2D eigenvalue weighted by Gasteiger charge is -2.09. The Bertz CT molecular complexity index is 832. The number of phenols is 1. The lowest BCUT2D eigenvalue weighted by Crippen LogP contribution is -2.21. The van der Waals surface area contributed by atoms with Crippen LogP contribution in [0.4, 0.5) is 5.69 Å². The van der Waals surface area contributed by atoms with Crippen molar-refractivity contribution in [2.24, 2.45) is 4.99 Å². The lowest BCUT2D eigenvalue weighted by atomic mass is 10.2. The van der Waals surface area contributed by atoms with Crippen molar-refractivity contribution in [2.45, 2.75) is 18.6 Å². The van der Waals surface area contributed by atoms with Crippen molar-refractivity contribution in [3.8, 4) is 11.5 Å². The molecule has 7 heteroatoms. The molecule has 3 rings (SSSR count). The summed E-state index contributed by atoms with van der Waals surface area (Å²) < 4.78 is 5.36. The molecule has 1 aliphatic heterocycles. The number of aromatic hydroxyl groups is 1. The minimum absolute atomic E-state index is 0.0434. The van der Waals surface area contributed by atoms with Gasteiger partial charge in [-0.3, -0.25) is 9.59 Å². The van der Waals surface area contributed by atoms with Crippen LogP contribution in [-0.4, -0.2) is 33.8 Å². The fourth-order valence-electron chi connectivity index (χ4n) is 2.43. The van der Waals surface area contributed by atoms with E-state index in [0.717, 1.165) is 11.3 Å². The molecule has 0 spiro atoms. The van der Waals surface area contributed by atoms with Gasteiger partial charge in [-0.2, -0.15) is 0 Å². The average molecular weight is 370 g/mol. The Hall–Kier alpha value is -2.80. The van der Waals surface area contributed by atoms with Crippen LogP contribution >= 0.6 is 11.8 Å². The zero-order chi connectivity index (χ0) is 18.5. The third kappa shape index (κ3) is 4.43. The zero-order valence-electron chi connectivity index (χ0n) is 14.1. The number of rotatable bonds is 6. The van der Waals surface area contributed by atoms with Gasteiger partial charge in [0.25, 0.3) is 5.91 Å². The molecule has 0 aliphatic carbocycles. The number of hydrogen-bond acceptors (Lipinski definition) is 5. The molecule has 1 aliphatic rings. The Morgan fingerprint density at radius 1 is 1.19 bits per heavy atom. The van der Waals surface area contributed by atoms with E-state index in [4.69, 9.17) is 4.74 Å². The number of nitrogens with one attached hydrogen (secondary N) is 1. The van der Waals surface area contributed by atoms with E-state index >= 15 is 0 Å². The summed E-state index contributed by atoms with van der Waals surface area (Å²) in [4.78, 5) is 28.3. The number of amides is 2. The predicted octanol–water partition coefficient (Wildman–Crippen LogP) is 3.21. The minimum Gasteiger partial charge on any atom is -0.508 e. The molecule has 0 saturated carbocycles. The number of carbonyl (C=O) groups is 2. The van der Waals surface area contributed by atoms with Crippen molar-refractivity contribution < 1.29 is 19.4 Å². The molecule has 0 unspecified atom stereocenters. The molecule has 2 amide bonds. The van der Waals surface area contributed by atoms with Gasteiger partial charge in [0, 0.05) is 17.7 Å². The van der Waals surface area contributed by atoms with Gasteiger partial charge in [-0.25, -0.2) is 4.99 Å². The lowest BCUT2D eigenvalue weighted by molar-refractivity contribution is -0.121. The molecule has 26 heavy (non-hydrogen) atoms. The van der Waals surface area contributed by atoms with Gasteiger partial charge in [0.1, 0.15) is 21.8 Å². The number of benzene rings is 2. The molecular formula is C19H18N2O4S. The first-order valence-corrected chi connectivity index (χ1v) is 9.04. The van der Waals surface area contributed by atoms with Gasteiger partial charge in [-0.1, -0.05) is 11.8 Å². The van der Waals surface area contributed by atoms with E-state index < -0.39 is 5.25 Å². The maximum absolute atomic E-state index is 12.2. The summed E-state index contributed by atoms with van der Waals surface area (Å²) in [5.74, 6) is 0.316. The van der Waals surface area contributed by atoms with Crippen LogP contribution in [-0.2, 0) is 9.59 Å². The summed E-state index contributed by atoms with van der Waals surface area (Å²) in [5.41, 5.74) is 1.39. The Labute approximate surface area is 155 Å². The highest BCUT2D eigenvalue weighted by Gasteiger charge is 2.31. The maximum atomic E-state index is 12.2. The second-order valence-corrected chi connectivity index (χ2v) is 6.81. The summed E-state index contributed by atoms with van der Waals surface area (Å²) in [6.45, 7) is 2.48. The summed E-state index contributed by atoms with van der Waals surface area (Å²) >= 11 is 1.26. The van der Waals surface area contributed by atoms with Crippen molar-refractivity contribution >= 4 is 34.3 Å². The van der Waals surface area contributed by atoms with Gasteiger partial charge in [0.05, 0.1) is 6.61 Å². The second-order valence-electron chi connectivity index (χ2n) is 5.62. The number of ether oxygens (including phenoxy) is 1. The number of anilines is 1. The molecule has 2 N–H and O–H groups in total. The van der Waals surface area contributed by atoms with Gasteiger partial charge in [-0.05, 0) is 55.5 Å². The van der Waals surface area contributed by atoms with Gasteiger partial charge < -0.3 is 15.2 Å². The average Bonchev–Trinajstić information content (AvgIpc) is 2.98. The van der Waals surface area contributed by atoms with Gasteiger partial charge >= 0.3 is 0 Å². The summed E-state index contributed by atoms with van der Waals surface area (Å²) in [5, 5.41) is 12.1. The van der Waals surface area contributed by atoms with Crippen LogP contribution in [0.1, 0.15) is 18.9 Å². The predicted molar refractivity (Wildman–Crippen MR) is 102 cm³/mol. The fourth-order valence-corrected chi connectivity index (χ4v) is 3.50. The van der Waals surface area contributed by atoms with Crippen LogP contribution in [0.5, 0.6) is 11.5 Å². The molecule has 0 saturated heterocycles. The Morgan fingerprint density at radius 3 is 2.54 bits per heavy atom. The SMILES string of the molecule is CCOc1ccc(NC(=O)C[C@@H]2SC(c3ccc(O)cc3)=NC2=O)cc1. The number of hydrogen-bond donors (Lipinski definition) is 2. The molecular weight excluding hydrogens is 352 g/mol. The Morgan fingerprint density at radius 2 is 1.88 bits per heavy atom. The number of aliphatic imine (C=N–C) groups is 1. The third-order valence-electron chi connectivity index (χ3n) is 3.68. The van der Waals surface area contributed by atoms with Crippen molar-refractivity contribution in [3.63, 3.8) is 0 Å². The Balaban J connectivity index is 1.56. The van der Waals surface area contributed by atoms with E-state index in [1.54, 1.807) is 36.4 Å². The van der Waals surface area contributed by atoms with E-state index in [0.29, 0.717) is 17.3 Å². The van der Waals surface area contributed by atoms with E-state index in [-0.39, 0.29) is 24.0 Å². The van der Waals surface area contributed by atoms with Crippen molar-refractivity contribution in [1.82, 2.24) is 0 Å². The van der Waals surface area contributed by atoms with Crippen LogP contribution < -0.4 is 10.1 Å². The highest BCUT2D eigenvalue weighted by molar-refractivity contribution is 8.16. The van der Waals surface area contributed by atoms with E-state index in [1.807, 2.05) is 6.92 Å². The molecule has 134 valence electrons. The molecule has 2 aromatic carbocycles. The molecule has 0 aromatic heterocycles. The molecule has 1 atom stereocenters. The van der Waals surface area contributed by atoms with E-state index in [2.05, 4.69) is 10.3 Å². The van der Waals surface area contributed by atoms with Gasteiger partial charge in [0.15, 0.2) is 0 Å². The molecule has 0 fully saturated rings. The molecule has 1 heterocycles. The third-order valence-corrected chi connectivity index (χ3v) is 4.88. The summed E-state index contributed by atoms with van der Waals surface area (Å²) in [6.07, 6.45) is 0.0434. The van der Waals surface area contributed by atoms with Crippen LogP contribution in [0, 0.1) is 0 Å².